The molecule has 3 nitrogen and oxygen atoms in total. The van der Waals surface area contributed by atoms with Crippen molar-refractivity contribution in [2.75, 3.05) is 0 Å². The van der Waals surface area contributed by atoms with Crippen LogP contribution in [0.4, 0.5) is 10.1 Å². The van der Waals surface area contributed by atoms with Crippen LogP contribution in [0, 0.1) is 10.7 Å². The van der Waals surface area contributed by atoms with Gasteiger partial charge in [0.2, 0.25) is 0 Å². The predicted molar refractivity (Wildman–Crippen MR) is 43.0 cm³/mol. The quantitative estimate of drug-likeness (QED) is 0.670. The summed E-state index contributed by atoms with van der Waals surface area (Å²) in [4.78, 5) is 10.2. The molecule has 0 radical (unpaired) electrons. The second-order valence-corrected chi connectivity index (χ2v) is 2.63. The molecule has 0 fully saturated rings. The summed E-state index contributed by atoms with van der Waals surface area (Å²) in [5, 5.41) is 1.51. The fourth-order valence-electron chi connectivity index (χ4n) is 0.904. The van der Waals surface area contributed by atoms with Crippen LogP contribution in [0.2, 0.25) is 0 Å². The Morgan fingerprint density at radius 2 is 2.25 bits per heavy atom. The largest absolute Gasteiger partial charge is 0.324 e. The minimum atomic E-state index is -0.561. The van der Waals surface area contributed by atoms with Gasteiger partial charge in [-0.1, -0.05) is 6.07 Å². The summed E-state index contributed by atoms with van der Waals surface area (Å²) >= 11 is 0. The summed E-state index contributed by atoms with van der Waals surface area (Å²) in [5.74, 6) is -0.561. The highest BCUT2D eigenvalue weighted by atomic mass is 19.1. The monoisotopic (exact) mass is 169 g/mol. The molecule has 0 heterocycles. The van der Waals surface area contributed by atoms with Gasteiger partial charge in [-0.25, -0.2) is 0 Å². The first-order chi connectivity index (χ1) is 5.65. The molecule has 1 aromatic carbocycles. The molecular formula is C8H10FN2O+. The highest BCUT2D eigenvalue weighted by Gasteiger charge is 2.10. The van der Waals surface area contributed by atoms with Crippen molar-refractivity contribution < 1.29 is 9.57 Å². The summed E-state index contributed by atoms with van der Waals surface area (Å²) in [6.07, 6.45) is 0. The van der Waals surface area contributed by atoms with Gasteiger partial charge in [0.15, 0.2) is 5.82 Å². The molecule has 3 N–H and O–H groups in total. The van der Waals surface area contributed by atoms with E-state index < -0.39 is 5.82 Å². The van der Waals surface area contributed by atoms with E-state index in [4.69, 9.17) is 5.73 Å². The predicted octanol–water partition coefficient (Wildman–Crippen LogP) is 0.324. The van der Waals surface area contributed by atoms with Crippen LogP contribution in [0.25, 0.3) is 0 Å². The number of nitrogens with two attached hydrogens (primary N) is 1. The van der Waals surface area contributed by atoms with Crippen molar-refractivity contribution in [1.29, 1.82) is 0 Å². The van der Waals surface area contributed by atoms with Crippen LogP contribution < -0.4 is 10.9 Å². The van der Waals surface area contributed by atoms with Crippen molar-refractivity contribution in [2.45, 2.75) is 13.0 Å². The van der Waals surface area contributed by atoms with Crippen molar-refractivity contribution in [2.24, 2.45) is 5.73 Å². The third kappa shape index (κ3) is 1.65. The minimum Gasteiger partial charge on any atom is -0.324 e. The highest BCUT2D eigenvalue weighted by molar-refractivity contribution is 5.35. The van der Waals surface area contributed by atoms with E-state index in [0.29, 0.717) is 0 Å². The van der Waals surface area contributed by atoms with Gasteiger partial charge in [-0.3, -0.25) is 0 Å². The zero-order valence-electron chi connectivity index (χ0n) is 6.67. The molecular weight excluding hydrogens is 159 g/mol. The molecule has 0 saturated heterocycles. The van der Waals surface area contributed by atoms with E-state index in [1.807, 2.05) is 0 Å². The number of benzene rings is 1. The molecule has 0 aliphatic rings. The normalized spacial score (nSPS) is 12.6. The standard InChI is InChI=1S/C8H9FN2O/c1-5(10)6-2-3-7(9)8(4-6)11-12/h2-5H,10H2,1H3/p+1. The van der Waals surface area contributed by atoms with E-state index in [-0.39, 0.29) is 11.7 Å². The van der Waals surface area contributed by atoms with Gasteiger partial charge in [0.1, 0.15) is 0 Å². The van der Waals surface area contributed by atoms with Gasteiger partial charge >= 0.3 is 0 Å². The van der Waals surface area contributed by atoms with Gasteiger partial charge in [-0.2, -0.15) is 4.39 Å². The van der Waals surface area contributed by atoms with Crippen LogP contribution in [0.15, 0.2) is 18.2 Å². The molecule has 1 rings (SSSR count). The Kier molecular flexibility index (Phi) is 2.50. The zero-order valence-corrected chi connectivity index (χ0v) is 6.67. The van der Waals surface area contributed by atoms with Crippen molar-refractivity contribution in [1.82, 2.24) is 0 Å². The Morgan fingerprint density at radius 3 is 2.75 bits per heavy atom. The number of rotatable bonds is 2. The van der Waals surface area contributed by atoms with Gasteiger partial charge in [0, 0.05) is 22.2 Å². The molecule has 0 amide bonds. The summed E-state index contributed by atoms with van der Waals surface area (Å²) in [7, 11) is 0. The number of halogens is 1. The van der Waals surface area contributed by atoms with Gasteiger partial charge < -0.3 is 5.73 Å². The smallest absolute Gasteiger partial charge is 0.289 e. The lowest BCUT2D eigenvalue weighted by molar-refractivity contribution is -0.382. The van der Waals surface area contributed by atoms with E-state index in [2.05, 4.69) is 0 Å². The average molecular weight is 169 g/mol. The van der Waals surface area contributed by atoms with Gasteiger partial charge in [0.25, 0.3) is 5.69 Å². The molecule has 0 saturated carbocycles. The van der Waals surface area contributed by atoms with E-state index in [0.717, 1.165) is 5.56 Å². The fraction of sp³-hybridized carbons (Fsp3) is 0.250. The summed E-state index contributed by atoms with van der Waals surface area (Å²) in [6.45, 7) is 1.77. The first kappa shape index (κ1) is 8.80. The number of nitroso groups, excluding NO2 is 1. The average Bonchev–Trinajstić information content (AvgIpc) is 2.05. The molecule has 4 heteroatoms. The van der Waals surface area contributed by atoms with Crippen LogP contribution >= 0.6 is 0 Å². The number of hydrogen-bond acceptors (Lipinski definition) is 2. The van der Waals surface area contributed by atoms with E-state index in [9.17, 15) is 9.30 Å². The van der Waals surface area contributed by atoms with E-state index in [1.165, 1.54) is 17.3 Å². The summed E-state index contributed by atoms with van der Waals surface area (Å²) in [5.41, 5.74) is 6.20. The van der Waals surface area contributed by atoms with Gasteiger partial charge in [-0.05, 0) is 18.6 Å². The molecule has 1 atom stereocenters. The Hall–Kier alpha value is -1.29. The number of nitrogens with one attached hydrogen (secondary N) is 1. The maximum absolute atomic E-state index is 12.7. The lowest BCUT2D eigenvalue weighted by Crippen LogP contribution is -2.56. The summed E-state index contributed by atoms with van der Waals surface area (Å²) in [6, 6.07) is 3.99. The minimum absolute atomic E-state index is 0.0650. The molecule has 1 aromatic rings. The Labute approximate surface area is 69.4 Å². The molecule has 12 heavy (non-hydrogen) atoms. The molecule has 64 valence electrons. The molecule has 0 bridgehead atoms. The fourth-order valence-corrected chi connectivity index (χ4v) is 0.904. The lowest BCUT2D eigenvalue weighted by Gasteiger charge is -2.02. The SMILES string of the molecule is CC(N)c1ccc(F)c([NH+]=O)c1. The summed E-state index contributed by atoms with van der Waals surface area (Å²) < 4.78 is 12.7. The lowest BCUT2D eigenvalue weighted by atomic mass is 10.1. The Balaban J connectivity index is 3.13. The van der Waals surface area contributed by atoms with Crippen molar-refractivity contribution in [3.63, 3.8) is 0 Å². The van der Waals surface area contributed by atoms with Gasteiger partial charge in [-0.15, -0.1) is 0 Å². The van der Waals surface area contributed by atoms with Crippen LogP contribution in [-0.2, 0) is 0 Å². The molecule has 1 unspecified atom stereocenters. The first-order valence-corrected chi connectivity index (χ1v) is 3.58. The molecule has 0 aliphatic heterocycles. The van der Waals surface area contributed by atoms with Crippen LogP contribution in [0.3, 0.4) is 0 Å². The van der Waals surface area contributed by atoms with Crippen molar-refractivity contribution in [3.8, 4) is 0 Å². The van der Waals surface area contributed by atoms with Crippen molar-refractivity contribution >= 4 is 5.69 Å². The Bertz CT molecular complexity index is 299. The second kappa shape index (κ2) is 3.40. The molecule has 0 aliphatic carbocycles. The second-order valence-electron chi connectivity index (χ2n) is 2.63. The maximum Gasteiger partial charge on any atom is 0.289 e. The molecule has 0 aromatic heterocycles. The van der Waals surface area contributed by atoms with Gasteiger partial charge in [0.05, 0.1) is 0 Å². The highest BCUT2D eigenvalue weighted by Crippen LogP contribution is 2.15. The van der Waals surface area contributed by atoms with E-state index in [1.54, 1.807) is 13.0 Å². The van der Waals surface area contributed by atoms with Crippen LogP contribution in [-0.4, -0.2) is 0 Å². The zero-order chi connectivity index (χ0) is 9.14. The van der Waals surface area contributed by atoms with E-state index >= 15 is 0 Å². The third-order valence-electron chi connectivity index (χ3n) is 1.63. The van der Waals surface area contributed by atoms with Crippen LogP contribution in [0.5, 0.6) is 0 Å². The van der Waals surface area contributed by atoms with Crippen molar-refractivity contribution in [3.05, 3.63) is 34.5 Å². The molecule has 0 spiro atoms. The topological polar surface area (TPSA) is 57.1 Å². The Morgan fingerprint density at radius 1 is 1.58 bits per heavy atom. The number of hydrogen-bond donors (Lipinski definition) is 2. The van der Waals surface area contributed by atoms with Crippen LogP contribution in [0.1, 0.15) is 18.5 Å². The third-order valence-corrected chi connectivity index (χ3v) is 1.63. The maximum atomic E-state index is 12.7. The first-order valence-electron chi connectivity index (χ1n) is 3.58.